The predicted molar refractivity (Wildman–Crippen MR) is 101 cm³/mol. The molecule has 0 bridgehead atoms. The third kappa shape index (κ3) is 4.02. The van der Waals surface area contributed by atoms with Gasteiger partial charge in [0.05, 0.1) is 0 Å². The molecule has 2 N–H and O–H groups in total. The molecule has 134 valence electrons. The van der Waals surface area contributed by atoms with E-state index in [9.17, 15) is 0 Å². The highest BCUT2D eigenvalue weighted by atomic mass is 16.5. The van der Waals surface area contributed by atoms with Gasteiger partial charge in [-0.1, -0.05) is 12.1 Å². The first kappa shape index (κ1) is 17.5. The molecule has 2 heterocycles. The fraction of sp³-hybridized carbons (Fsp3) is 0.474. The van der Waals surface area contributed by atoms with Gasteiger partial charge in [0.1, 0.15) is 17.3 Å². The normalized spacial score (nSPS) is 15.6. The molecule has 0 amide bonds. The number of piperidine rings is 1. The molecule has 0 aliphatic carbocycles. The lowest BCUT2D eigenvalue weighted by Gasteiger charge is -2.36. The molecule has 0 atom stereocenters. The van der Waals surface area contributed by atoms with E-state index < -0.39 is 0 Å². The summed E-state index contributed by atoms with van der Waals surface area (Å²) in [6, 6.07) is 8.48. The second kappa shape index (κ2) is 7.27. The van der Waals surface area contributed by atoms with E-state index in [1.54, 1.807) is 0 Å². The van der Waals surface area contributed by atoms with Crippen molar-refractivity contribution >= 4 is 11.5 Å². The maximum Gasteiger partial charge on any atom is 0.248 e. The maximum atomic E-state index is 6.36. The number of hydrogen-bond donors (Lipinski definition) is 1. The van der Waals surface area contributed by atoms with Crippen molar-refractivity contribution in [2.24, 2.45) is 0 Å². The number of nitrogen functional groups attached to an aromatic ring is 1. The Morgan fingerprint density at radius 1 is 1.16 bits per heavy atom. The highest BCUT2D eigenvalue weighted by Crippen LogP contribution is 2.34. The molecular weight excluding hydrogens is 314 g/mol. The molecule has 6 heteroatoms. The van der Waals surface area contributed by atoms with E-state index in [0.29, 0.717) is 23.4 Å². The van der Waals surface area contributed by atoms with E-state index in [-0.39, 0.29) is 0 Å². The quantitative estimate of drug-likeness (QED) is 0.922. The van der Waals surface area contributed by atoms with Gasteiger partial charge in [0.2, 0.25) is 5.88 Å². The second-order valence-corrected chi connectivity index (χ2v) is 6.91. The highest BCUT2D eigenvalue weighted by molar-refractivity contribution is 5.69. The Hall–Kier alpha value is -2.34. The SMILES string of the molecule is Cc1cccc(Oc2nc(C)nc(N3CCC(N(C)C)CC3)c2N)c1. The third-order valence-corrected chi connectivity index (χ3v) is 4.70. The first-order valence-corrected chi connectivity index (χ1v) is 8.74. The molecule has 1 aromatic carbocycles. The highest BCUT2D eigenvalue weighted by Gasteiger charge is 2.24. The van der Waals surface area contributed by atoms with Gasteiger partial charge in [-0.2, -0.15) is 4.98 Å². The van der Waals surface area contributed by atoms with Gasteiger partial charge in [0, 0.05) is 19.1 Å². The zero-order valence-corrected chi connectivity index (χ0v) is 15.5. The average Bonchev–Trinajstić information content (AvgIpc) is 2.58. The van der Waals surface area contributed by atoms with Gasteiger partial charge in [0.25, 0.3) is 0 Å². The van der Waals surface area contributed by atoms with E-state index >= 15 is 0 Å². The first-order chi connectivity index (χ1) is 11.9. The van der Waals surface area contributed by atoms with Gasteiger partial charge in [-0.15, -0.1) is 0 Å². The maximum absolute atomic E-state index is 6.36. The fourth-order valence-corrected chi connectivity index (χ4v) is 3.24. The van der Waals surface area contributed by atoms with E-state index in [0.717, 1.165) is 43.1 Å². The zero-order valence-electron chi connectivity index (χ0n) is 15.5. The van der Waals surface area contributed by atoms with Gasteiger partial charge in [-0.25, -0.2) is 4.98 Å². The Balaban J connectivity index is 1.83. The van der Waals surface area contributed by atoms with Crippen molar-refractivity contribution in [1.82, 2.24) is 14.9 Å². The first-order valence-electron chi connectivity index (χ1n) is 8.74. The summed E-state index contributed by atoms with van der Waals surface area (Å²) in [7, 11) is 4.27. The van der Waals surface area contributed by atoms with Crippen LogP contribution in [0.15, 0.2) is 24.3 Å². The molecule has 1 aliphatic heterocycles. The Kier molecular flexibility index (Phi) is 5.08. The summed E-state index contributed by atoms with van der Waals surface area (Å²) in [5, 5.41) is 0. The molecule has 0 unspecified atom stereocenters. The Labute approximate surface area is 149 Å². The molecule has 1 fully saturated rings. The van der Waals surface area contributed by atoms with Crippen molar-refractivity contribution in [2.75, 3.05) is 37.8 Å². The van der Waals surface area contributed by atoms with Crippen LogP contribution in [0.4, 0.5) is 11.5 Å². The molecule has 3 rings (SSSR count). The van der Waals surface area contributed by atoms with E-state index in [2.05, 4.69) is 33.9 Å². The molecule has 25 heavy (non-hydrogen) atoms. The van der Waals surface area contributed by atoms with Crippen LogP contribution in [-0.4, -0.2) is 48.1 Å². The van der Waals surface area contributed by atoms with Crippen LogP contribution in [-0.2, 0) is 0 Å². The number of nitrogens with zero attached hydrogens (tertiary/aromatic N) is 4. The van der Waals surface area contributed by atoms with Crippen LogP contribution >= 0.6 is 0 Å². The molecule has 1 aromatic heterocycles. The van der Waals surface area contributed by atoms with Gasteiger partial charge in [-0.05, 0) is 58.5 Å². The van der Waals surface area contributed by atoms with Crippen LogP contribution in [0.3, 0.4) is 0 Å². The largest absolute Gasteiger partial charge is 0.437 e. The summed E-state index contributed by atoms with van der Waals surface area (Å²) in [6.45, 7) is 5.78. The molecule has 0 saturated carbocycles. The molecule has 0 radical (unpaired) electrons. The lowest BCUT2D eigenvalue weighted by molar-refractivity contribution is 0.249. The number of ether oxygens (including phenoxy) is 1. The van der Waals surface area contributed by atoms with Crippen molar-refractivity contribution in [2.45, 2.75) is 32.7 Å². The van der Waals surface area contributed by atoms with Crippen molar-refractivity contribution in [1.29, 1.82) is 0 Å². The average molecular weight is 341 g/mol. The summed E-state index contributed by atoms with van der Waals surface area (Å²) >= 11 is 0. The van der Waals surface area contributed by atoms with Crippen molar-refractivity contribution in [3.8, 4) is 11.6 Å². The summed E-state index contributed by atoms with van der Waals surface area (Å²) in [5.74, 6) is 2.62. The number of aryl methyl sites for hydroxylation is 2. The van der Waals surface area contributed by atoms with Crippen LogP contribution in [0.2, 0.25) is 0 Å². The summed E-state index contributed by atoms with van der Waals surface area (Å²) < 4.78 is 5.95. The van der Waals surface area contributed by atoms with Crippen LogP contribution in [0.1, 0.15) is 24.2 Å². The Bertz CT molecular complexity index is 739. The van der Waals surface area contributed by atoms with E-state index in [1.807, 2.05) is 38.1 Å². The van der Waals surface area contributed by atoms with E-state index in [1.165, 1.54) is 0 Å². The molecule has 0 spiro atoms. The Morgan fingerprint density at radius 3 is 2.52 bits per heavy atom. The van der Waals surface area contributed by atoms with Crippen LogP contribution in [0, 0.1) is 13.8 Å². The van der Waals surface area contributed by atoms with Crippen molar-refractivity contribution < 1.29 is 4.74 Å². The van der Waals surface area contributed by atoms with Crippen molar-refractivity contribution in [3.63, 3.8) is 0 Å². The molecule has 2 aromatic rings. The number of rotatable bonds is 4. The minimum atomic E-state index is 0.433. The smallest absolute Gasteiger partial charge is 0.248 e. The summed E-state index contributed by atoms with van der Waals surface area (Å²) in [5.41, 5.74) is 8.00. The topological polar surface area (TPSA) is 67.5 Å². The summed E-state index contributed by atoms with van der Waals surface area (Å²) in [4.78, 5) is 13.5. The lowest BCUT2D eigenvalue weighted by atomic mass is 10.0. The number of aromatic nitrogens is 2. The van der Waals surface area contributed by atoms with Crippen LogP contribution in [0.5, 0.6) is 11.6 Å². The fourth-order valence-electron chi connectivity index (χ4n) is 3.24. The molecule has 6 nitrogen and oxygen atoms in total. The minimum absolute atomic E-state index is 0.433. The monoisotopic (exact) mass is 341 g/mol. The second-order valence-electron chi connectivity index (χ2n) is 6.91. The van der Waals surface area contributed by atoms with Crippen LogP contribution in [0.25, 0.3) is 0 Å². The number of nitrogens with two attached hydrogens (primary N) is 1. The van der Waals surface area contributed by atoms with Crippen LogP contribution < -0.4 is 15.4 Å². The predicted octanol–water partition coefficient (Wildman–Crippen LogP) is 3.00. The van der Waals surface area contributed by atoms with Gasteiger partial charge < -0.3 is 20.3 Å². The summed E-state index contributed by atoms with van der Waals surface area (Å²) in [6.07, 6.45) is 2.20. The zero-order chi connectivity index (χ0) is 18.0. The molecule has 1 aliphatic rings. The number of benzene rings is 1. The number of anilines is 2. The Morgan fingerprint density at radius 2 is 1.88 bits per heavy atom. The standard InChI is InChI=1S/C19H27N5O/c1-13-6-5-7-16(12-13)25-19-17(20)18(21-14(2)22-19)24-10-8-15(9-11-24)23(3)4/h5-7,12,15H,8-11,20H2,1-4H3. The number of hydrogen-bond acceptors (Lipinski definition) is 6. The van der Waals surface area contributed by atoms with Gasteiger partial charge in [-0.3, -0.25) is 0 Å². The lowest BCUT2D eigenvalue weighted by Crippen LogP contribution is -2.42. The minimum Gasteiger partial charge on any atom is -0.437 e. The van der Waals surface area contributed by atoms with Gasteiger partial charge >= 0.3 is 0 Å². The molecular formula is C19H27N5O. The third-order valence-electron chi connectivity index (χ3n) is 4.70. The molecule has 1 saturated heterocycles. The van der Waals surface area contributed by atoms with Gasteiger partial charge in [0.15, 0.2) is 5.82 Å². The van der Waals surface area contributed by atoms with E-state index in [4.69, 9.17) is 10.5 Å². The van der Waals surface area contributed by atoms with Crippen molar-refractivity contribution in [3.05, 3.63) is 35.7 Å².